The molecular weight excluding hydrogens is 280 g/mol. The fourth-order valence-corrected chi connectivity index (χ4v) is 3.28. The van der Waals surface area contributed by atoms with Crippen LogP contribution in [-0.2, 0) is 15.0 Å². The maximum Gasteiger partial charge on any atom is 0.274 e. The highest BCUT2D eigenvalue weighted by atomic mass is 32.2. The number of carbonyl (C=O) groups excluding carboxylic acids is 1. The van der Waals surface area contributed by atoms with Gasteiger partial charge in [-0.25, -0.2) is 9.86 Å². The standard InChI is InChI=1S/C12H22N4O3S/c13-11-4-3-10(6-11)12(17)16-5-1-2-9(8-16)7-15-20(14,18)19/h3-4,9-11,15H,1-2,5-8,13H2,(H2,14,18,19). The number of likely N-dealkylation sites (tertiary alicyclic amines) is 1. The lowest BCUT2D eigenvalue weighted by molar-refractivity contribution is -0.135. The number of carbonyl (C=O) groups is 1. The predicted molar refractivity (Wildman–Crippen MR) is 75.6 cm³/mol. The number of nitrogens with zero attached hydrogens (tertiary/aromatic N) is 1. The van der Waals surface area contributed by atoms with Crippen LogP contribution in [-0.4, -0.2) is 44.9 Å². The van der Waals surface area contributed by atoms with Gasteiger partial charge in [0.25, 0.3) is 10.2 Å². The van der Waals surface area contributed by atoms with E-state index in [0.29, 0.717) is 13.0 Å². The Kier molecular flexibility index (Phi) is 4.79. The summed E-state index contributed by atoms with van der Waals surface area (Å²) in [7, 11) is -3.67. The molecule has 20 heavy (non-hydrogen) atoms. The van der Waals surface area contributed by atoms with Crippen LogP contribution in [0.1, 0.15) is 19.3 Å². The van der Waals surface area contributed by atoms with E-state index in [1.54, 1.807) is 0 Å². The van der Waals surface area contributed by atoms with E-state index in [9.17, 15) is 13.2 Å². The first-order chi connectivity index (χ1) is 9.35. The monoisotopic (exact) mass is 302 g/mol. The second-order valence-electron chi connectivity index (χ2n) is 5.58. The molecule has 7 nitrogen and oxygen atoms in total. The molecule has 3 atom stereocenters. The molecule has 114 valence electrons. The fourth-order valence-electron chi connectivity index (χ4n) is 2.81. The summed E-state index contributed by atoms with van der Waals surface area (Å²) in [6.45, 7) is 1.58. The lowest BCUT2D eigenvalue weighted by Crippen LogP contribution is -2.46. The average Bonchev–Trinajstić information content (AvgIpc) is 2.82. The quantitative estimate of drug-likeness (QED) is 0.572. The molecular formula is C12H22N4O3S. The minimum absolute atomic E-state index is 0.0337. The number of hydrogen-bond acceptors (Lipinski definition) is 4. The molecule has 3 unspecified atom stereocenters. The van der Waals surface area contributed by atoms with E-state index in [-0.39, 0.29) is 30.3 Å². The molecule has 0 aromatic carbocycles. The topological polar surface area (TPSA) is 119 Å². The Morgan fingerprint density at radius 2 is 2.15 bits per heavy atom. The van der Waals surface area contributed by atoms with Crippen LogP contribution in [0.15, 0.2) is 12.2 Å². The number of piperidine rings is 1. The van der Waals surface area contributed by atoms with Crippen molar-refractivity contribution >= 4 is 16.1 Å². The molecule has 1 saturated heterocycles. The van der Waals surface area contributed by atoms with E-state index in [2.05, 4.69) is 4.72 Å². The maximum atomic E-state index is 12.3. The highest BCUT2D eigenvalue weighted by molar-refractivity contribution is 7.87. The predicted octanol–water partition coefficient (Wildman–Crippen LogP) is -1.08. The molecule has 0 aromatic rings. The Hall–Kier alpha value is -0.960. The van der Waals surface area contributed by atoms with Gasteiger partial charge < -0.3 is 10.6 Å². The van der Waals surface area contributed by atoms with Gasteiger partial charge in [0.05, 0.1) is 5.92 Å². The molecule has 0 saturated carbocycles. The zero-order valence-electron chi connectivity index (χ0n) is 11.4. The Morgan fingerprint density at radius 3 is 2.75 bits per heavy atom. The van der Waals surface area contributed by atoms with E-state index >= 15 is 0 Å². The first-order valence-electron chi connectivity index (χ1n) is 6.85. The number of amides is 1. The van der Waals surface area contributed by atoms with E-state index < -0.39 is 10.2 Å². The summed E-state index contributed by atoms with van der Waals surface area (Å²) in [5.41, 5.74) is 5.77. The van der Waals surface area contributed by atoms with Crippen molar-refractivity contribution in [2.75, 3.05) is 19.6 Å². The Balaban J connectivity index is 1.87. The van der Waals surface area contributed by atoms with Crippen molar-refractivity contribution in [1.29, 1.82) is 0 Å². The van der Waals surface area contributed by atoms with Gasteiger partial charge in [0.1, 0.15) is 0 Å². The summed E-state index contributed by atoms with van der Waals surface area (Å²) in [4.78, 5) is 14.2. The van der Waals surface area contributed by atoms with Crippen LogP contribution in [0.25, 0.3) is 0 Å². The summed E-state index contributed by atoms with van der Waals surface area (Å²) in [5, 5.41) is 4.92. The van der Waals surface area contributed by atoms with Crippen LogP contribution in [0, 0.1) is 11.8 Å². The molecule has 1 aliphatic carbocycles. The van der Waals surface area contributed by atoms with Crippen molar-refractivity contribution in [2.45, 2.75) is 25.3 Å². The van der Waals surface area contributed by atoms with Crippen LogP contribution in [0.5, 0.6) is 0 Å². The summed E-state index contributed by atoms with van der Waals surface area (Å²) < 4.78 is 24.1. The van der Waals surface area contributed by atoms with Gasteiger partial charge in [-0.1, -0.05) is 12.2 Å². The van der Waals surface area contributed by atoms with Crippen LogP contribution in [0.3, 0.4) is 0 Å². The Bertz CT molecular complexity index is 491. The summed E-state index contributed by atoms with van der Waals surface area (Å²) in [6.07, 6.45) is 6.18. The van der Waals surface area contributed by atoms with Gasteiger partial charge in [-0.05, 0) is 25.2 Å². The third-order valence-corrected chi connectivity index (χ3v) is 4.41. The third-order valence-electron chi connectivity index (χ3n) is 3.84. The molecule has 0 bridgehead atoms. The minimum Gasteiger partial charge on any atom is -0.342 e. The zero-order valence-corrected chi connectivity index (χ0v) is 12.2. The molecule has 0 radical (unpaired) electrons. The number of rotatable bonds is 4. The van der Waals surface area contributed by atoms with Gasteiger partial charge in [-0.3, -0.25) is 4.79 Å². The van der Waals surface area contributed by atoms with Crippen molar-refractivity contribution in [3.8, 4) is 0 Å². The van der Waals surface area contributed by atoms with Gasteiger partial charge in [0.2, 0.25) is 5.91 Å². The average molecular weight is 302 g/mol. The first-order valence-corrected chi connectivity index (χ1v) is 8.40. The third kappa shape index (κ3) is 4.27. The number of hydrogen-bond donors (Lipinski definition) is 3. The molecule has 1 heterocycles. The minimum atomic E-state index is -3.67. The molecule has 1 amide bonds. The second kappa shape index (κ2) is 6.21. The SMILES string of the molecule is NC1C=CC(C(=O)N2CCCC(CNS(N)(=O)=O)C2)C1. The van der Waals surface area contributed by atoms with Crippen molar-refractivity contribution in [2.24, 2.45) is 22.7 Å². The Labute approximate surface area is 119 Å². The highest BCUT2D eigenvalue weighted by Crippen LogP contribution is 2.23. The van der Waals surface area contributed by atoms with Crippen LogP contribution in [0.4, 0.5) is 0 Å². The van der Waals surface area contributed by atoms with Gasteiger partial charge in [-0.2, -0.15) is 8.42 Å². The van der Waals surface area contributed by atoms with Crippen LogP contribution in [0.2, 0.25) is 0 Å². The molecule has 5 N–H and O–H groups in total. The first kappa shape index (κ1) is 15.4. The maximum absolute atomic E-state index is 12.3. The second-order valence-corrected chi connectivity index (χ2v) is 6.96. The summed E-state index contributed by atoms with van der Waals surface area (Å²) >= 11 is 0. The molecule has 2 aliphatic rings. The van der Waals surface area contributed by atoms with Crippen molar-refractivity contribution in [3.63, 3.8) is 0 Å². The molecule has 0 aromatic heterocycles. The number of nitrogens with one attached hydrogen (secondary N) is 1. The summed E-state index contributed by atoms with van der Waals surface area (Å²) in [5.74, 6) is 0.0783. The van der Waals surface area contributed by atoms with Gasteiger partial charge in [-0.15, -0.1) is 0 Å². The fraction of sp³-hybridized carbons (Fsp3) is 0.750. The lowest BCUT2D eigenvalue weighted by Gasteiger charge is -2.34. The van der Waals surface area contributed by atoms with Crippen LogP contribution < -0.4 is 15.6 Å². The summed E-state index contributed by atoms with van der Waals surface area (Å²) in [6, 6.07) is -0.0337. The van der Waals surface area contributed by atoms with E-state index in [0.717, 1.165) is 19.4 Å². The molecule has 2 rings (SSSR count). The van der Waals surface area contributed by atoms with Gasteiger partial charge >= 0.3 is 0 Å². The highest BCUT2D eigenvalue weighted by Gasteiger charge is 2.30. The molecule has 0 spiro atoms. The van der Waals surface area contributed by atoms with Crippen molar-refractivity contribution < 1.29 is 13.2 Å². The van der Waals surface area contributed by atoms with Crippen molar-refractivity contribution in [3.05, 3.63) is 12.2 Å². The Morgan fingerprint density at radius 1 is 1.40 bits per heavy atom. The zero-order chi connectivity index (χ0) is 14.8. The van der Waals surface area contributed by atoms with E-state index in [1.807, 2.05) is 17.1 Å². The normalized spacial score (nSPS) is 30.7. The largest absolute Gasteiger partial charge is 0.342 e. The molecule has 1 fully saturated rings. The van der Waals surface area contributed by atoms with E-state index in [1.165, 1.54) is 0 Å². The molecule has 1 aliphatic heterocycles. The van der Waals surface area contributed by atoms with Crippen LogP contribution >= 0.6 is 0 Å². The van der Waals surface area contributed by atoms with Crippen molar-refractivity contribution in [1.82, 2.24) is 9.62 Å². The van der Waals surface area contributed by atoms with E-state index in [4.69, 9.17) is 10.9 Å². The lowest BCUT2D eigenvalue weighted by atomic mass is 9.96. The smallest absolute Gasteiger partial charge is 0.274 e. The van der Waals surface area contributed by atoms with Gasteiger partial charge in [0, 0.05) is 25.7 Å². The molecule has 8 heteroatoms. The van der Waals surface area contributed by atoms with Gasteiger partial charge in [0.15, 0.2) is 0 Å². The number of nitrogens with two attached hydrogens (primary N) is 2.